The lowest BCUT2D eigenvalue weighted by molar-refractivity contribution is -0.116. The first-order valence-electron chi connectivity index (χ1n) is 9.86. The molecular formula is C24H20ClN3O3S. The van der Waals surface area contributed by atoms with Gasteiger partial charge in [-0.05, 0) is 41.3 Å². The molecule has 32 heavy (non-hydrogen) atoms. The van der Waals surface area contributed by atoms with Crippen molar-refractivity contribution < 1.29 is 13.2 Å². The van der Waals surface area contributed by atoms with Crippen LogP contribution in [0, 0.1) is 0 Å². The number of halogens is 1. The average molecular weight is 466 g/mol. The third-order valence-electron chi connectivity index (χ3n) is 4.93. The number of sulfonamides is 1. The van der Waals surface area contributed by atoms with Gasteiger partial charge in [0.25, 0.3) is 0 Å². The number of nitrogens with one attached hydrogen (secondary N) is 1. The van der Waals surface area contributed by atoms with Crippen molar-refractivity contribution in [2.24, 2.45) is 0 Å². The molecule has 162 valence electrons. The number of amides is 1. The highest BCUT2D eigenvalue weighted by atomic mass is 35.5. The number of anilines is 1. The number of hydrogen-bond donors (Lipinski definition) is 1. The highest BCUT2D eigenvalue weighted by Crippen LogP contribution is 2.24. The lowest BCUT2D eigenvalue weighted by atomic mass is 10.1. The van der Waals surface area contributed by atoms with Crippen LogP contribution in [-0.2, 0) is 21.4 Å². The summed E-state index contributed by atoms with van der Waals surface area (Å²) < 4.78 is 27.7. The van der Waals surface area contributed by atoms with Gasteiger partial charge < -0.3 is 5.32 Å². The third kappa shape index (κ3) is 4.96. The number of carbonyl (C=O) groups is 1. The second-order valence-corrected chi connectivity index (χ2v) is 9.54. The van der Waals surface area contributed by atoms with E-state index in [1.54, 1.807) is 36.4 Å². The van der Waals surface area contributed by atoms with Crippen molar-refractivity contribution in [3.05, 3.63) is 102 Å². The van der Waals surface area contributed by atoms with Gasteiger partial charge in [-0.25, -0.2) is 8.42 Å². The molecular weight excluding hydrogens is 446 g/mol. The first kappa shape index (κ1) is 22.0. The molecule has 4 rings (SSSR count). The first-order chi connectivity index (χ1) is 15.4. The molecule has 0 aliphatic carbocycles. The van der Waals surface area contributed by atoms with Crippen LogP contribution in [0.15, 0.2) is 96.2 Å². The van der Waals surface area contributed by atoms with E-state index >= 15 is 0 Å². The topological polar surface area (TPSA) is 79.4 Å². The van der Waals surface area contributed by atoms with E-state index in [0.29, 0.717) is 16.3 Å². The fourth-order valence-corrected chi connectivity index (χ4v) is 4.83. The van der Waals surface area contributed by atoms with Gasteiger partial charge in [0.05, 0.1) is 6.54 Å². The predicted octanol–water partition coefficient (Wildman–Crippen LogP) is 4.72. The number of rotatable bonds is 7. The maximum absolute atomic E-state index is 13.3. The molecule has 6 nitrogen and oxygen atoms in total. The molecule has 0 atom stereocenters. The highest BCUT2D eigenvalue weighted by molar-refractivity contribution is 7.89. The van der Waals surface area contributed by atoms with E-state index in [1.807, 2.05) is 36.4 Å². The van der Waals surface area contributed by atoms with E-state index in [4.69, 9.17) is 11.6 Å². The van der Waals surface area contributed by atoms with E-state index in [0.717, 1.165) is 15.1 Å². The van der Waals surface area contributed by atoms with Crippen LogP contribution in [0.2, 0.25) is 5.02 Å². The normalized spacial score (nSPS) is 11.6. The lowest BCUT2D eigenvalue weighted by Crippen LogP contribution is -2.37. The predicted molar refractivity (Wildman–Crippen MR) is 126 cm³/mol. The number of carbonyl (C=O) groups excluding carboxylic acids is 1. The summed E-state index contributed by atoms with van der Waals surface area (Å²) in [7, 11) is -3.96. The fourth-order valence-electron chi connectivity index (χ4n) is 3.35. The molecule has 0 fully saturated rings. The summed E-state index contributed by atoms with van der Waals surface area (Å²) in [4.78, 5) is 16.9. The molecule has 0 bridgehead atoms. The first-order valence-corrected chi connectivity index (χ1v) is 11.7. The molecule has 0 aliphatic heterocycles. The molecule has 1 heterocycles. The maximum Gasteiger partial charge on any atom is 0.245 e. The van der Waals surface area contributed by atoms with Gasteiger partial charge in [-0.1, -0.05) is 60.1 Å². The Kier molecular flexibility index (Phi) is 6.50. The van der Waals surface area contributed by atoms with Gasteiger partial charge in [0.15, 0.2) is 0 Å². The molecule has 0 spiro atoms. The minimum Gasteiger partial charge on any atom is -0.324 e. The van der Waals surface area contributed by atoms with E-state index < -0.39 is 15.9 Å². The summed E-state index contributed by atoms with van der Waals surface area (Å²) in [6.07, 6.45) is 2.77. The zero-order valence-corrected chi connectivity index (χ0v) is 18.6. The minimum absolute atomic E-state index is 0.0113. The van der Waals surface area contributed by atoms with Crippen LogP contribution < -0.4 is 5.32 Å². The Morgan fingerprint density at radius 3 is 2.44 bits per heavy atom. The molecule has 8 heteroatoms. The molecule has 3 aromatic carbocycles. The van der Waals surface area contributed by atoms with Crippen molar-refractivity contribution in [3.63, 3.8) is 0 Å². The quantitative estimate of drug-likeness (QED) is 0.428. The van der Waals surface area contributed by atoms with Gasteiger partial charge in [-0.2, -0.15) is 4.31 Å². The molecule has 1 amide bonds. The lowest BCUT2D eigenvalue weighted by Gasteiger charge is -2.22. The van der Waals surface area contributed by atoms with Crippen molar-refractivity contribution in [1.29, 1.82) is 0 Å². The van der Waals surface area contributed by atoms with Crippen LogP contribution in [-0.4, -0.2) is 30.2 Å². The number of benzene rings is 3. The summed E-state index contributed by atoms with van der Waals surface area (Å²) in [6, 6.07) is 23.1. The van der Waals surface area contributed by atoms with Crippen molar-refractivity contribution >= 4 is 44.0 Å². The molecule has 0 saturated heterocycles. The van der Waals surface area contributed by atoms with Crippen molar-refractivity contribution in [1.82, 2.24) is 9.29 Å². The monoisotopic (exact) mass is 465 g/mol. The van der Waals surface area contributed by atoms with E-state index in [2.05, 4.69) is 10.3 Å². The van der Waals surface area contributed by atoms with E-state index in [9.17, 15) is 13.2 Å². The summed E-state index contributed by atoms with van der Waals surface area (Å²) in [6.45, 7) is -0.347. The van der Waals surface area contributed by atoms with Gasteiger partial charge in [0.1, 0.15) is 4.90 Å². The second-order valence-electron chi connectivity index (χ2n) is 7.16. The Morgan fingerprint density at radius 1 is 0.938 bits per heavy atom. The molecule has 0 unspecified atom stereocenters. The molecule has 0 aliphatic rings. The van der Waals surface area contributed by atoms with Crippen molar-refractivity contribution in [2.75, 3.05) is 11.9 Å². The molecule has 0 saturated carbocycles. The van der Waals surface area contributed by atoms with Gasteiger partial charge in [0, 0.05) is 35.0 Å². The van der Waals surface area contributed by atoms with Crippen LogP contribution in [0.4, 0.5) is 5.69 Å². The zero-order valence-electron chi connectivity index (χ0n) is 17.0. The summed E-state index contributed by atoms with van der Waals surface area (Å²) in [5, 5.41) is 5.25. The highest BCUT2D eigenvalue weighted by Gasteiger charge is 2.27. The molecule has 1 aromatic heterocycles. The maximum atomic E-state index is 13.3. The van der Waals surface area contributed by atoms with Crippen LogP contribution in [0.3, 0.4) is 0 Å². The smallest absolute Gasteiger partial charge is 0.245 e. The van der Waals surface area contributed by atoms with Gasteiger partial charge in [-0.3, -0.25) is 9.78 Å². The average Bonchev–Trinajstić information content (AvgIpc) is 2.81. The number of fused-ring (bicyclic) bond motifs is 1. The van der Waals surface area contributed by atoms with Crippen molar-refractivity contribution in [2.45, 2.75) is 11.4 Å². The van der Waals surface area contributed by atoms with Crippen LogP contribution >= 0.6 is 11.6 Å². The Labute approximate surface area is 191 Å². The number of hydrogen-bond acceptors (Lipinski definition) is 4. The van der Waals surface area contributed by atoms with Crippen LogP contribution in [0.25, 0.3) is 10.8 Å². The summed E-state index contributed by atoms with van der Waals surface area (Å²) in [5.74, 6) is -0.442. The van der Waals surface area contributed by atoms with E-state index in [-0.39, 0.29) is 18.0 Å². The Hall–Kier alpha value is -3.26. The minimum atomic E-state index is -3.96. The number of pyridine rings is 1. The van der Waals surface area contributed by atoms with E-state index in [1.165, 1.54) is 18.5 Å². The van der Waals surface area contributed by atoms with Gasteiger partial charge in [-0.15, -0.1) is 0 Å². The number of nitrogens with zero attached hydrogens (tertiary/aromatic N) is 2. The van der Waals surface area contributed by atoms with Gasteiger partial charge in [0.2, 0.25) is 15.9 Å². The second kappa shape index (κ2) is 9.48. The van der Waals surface area contributed by atoms with Gasteiger partial charge >= 0.3 is 0 Å². The third-order valence-corrected chi connectivity index (χ3v) is 6.96. The van der Waals surface area contributed by atoms with Crippen LogP contribution in [0.5, 0.6) is 0 Å². The van der Waals surface area contributed by atoms with Crippen LogP contribution in [0.1, 0.15) is 5.56 Å². The standard InChI is InChI=1S/C24H20ClN3O3S/c25-20-12-10-18(11-13-20)16-28(32(30,31)21-7-4-14-26-15-21)17-24(29)27-23-9-3-6-19-5-1-2-8-22(19)23/h1-15H,16-17H2,(H,27,29). The molecule has 1 N–H and O–H groups in total. The fraction of sp³-hybridized carbons (Fsp3) is 0.0833. The SMILES string of the molecule is O=C(CN(Cc1ccc(Cl)cc1)S(=O)(=O)c1cccnc1)Nc1cccc2ccccc12. The number of aromatic nitrogens is 1. The summed E-state index contributed by atoms with van der Waals surface area (Å²) in [5.41, 5.74) is 1.33. The summed E-state index contributed by atoms with van der Waals surface area (Å²) >= 11 is 5.95. The molecule has 0 radical (unpaired) electrons. The Morgan fingerprint density at radius 2 is 1.69 bits per heavy atom. The van der Waals surface area contributed by atoms with Crippen molar-refractivity contribution in [3.8, 4) is 0 Å². The Bertz CT molecular complexity index is 1340. The largest absolute Gasteiger partial charge is 0.324 e. The Balaban J connectivity index is 1.62. The zero-order chi connectivity index (χ0) is 22.6. The molecule has 4 aromatic rings.